The quantitative estimate of drug-likeness (QED) is 0.863. The number of carboxylic acids is 1. The minimum absolute atomic E-state index is 0.297. The molecule has 2 aromatic rings. The van der Waals surface area contributed by atoms with Gasteiger partial charge in [-0.15, -0.1) is 0 Å². The van der Waals surface area contributed by atoms with Gasteiger partial charge >= 0.3 is 5.97 Å². The molecular formula is C13H14N2O4. The number of nitrogens with zero attached hydrogens (tertiary/aromatic N) is 1. The van der Waals surface area contributed by atoms with Gasteiger partial charge in [-0.1, -0.05) is 0 Å². The van der Waals surface area contributed by atoms with E-state index >= 15 is 0 Å². The lowest BCUT2D eigenvalue weighted by molar-refractivity contribution is -0.138. The van der Waals surface area contributed by atoms with Crippen LogP contribution in [0.4, 0.5) is 0 Å². The maximum Gasteiger partial charge on any atom is 0.326 e. The summed E-state index contributed by atoms with van der Waals surface area (Å²) in [6.07, 6.45) is 1.52. The van der Waals surface area contributed by atoms with Crippen molar-refractivity contribution in [2.24, 2.45) is 5.73 Å². The SMILES string of the molecule is COc1cc2ccnc(C(N)C(=O)O)c2cc1OC. The molecule has 19 heavy (non-hydrogen) atoms. The van der Waals surface area contributed by atoms with Crippen molar-refractivity contribution in [2.45, 2.75) is 6.04 Å². The fourth-order valence-corrected chi connectivity index (χ4v) is 1.89. The van der Waals surface area contributed by atoms with E-state index in [2.05, 4.69) is 4.98 Å². The molecule has 0 aliphatic carbocycles. The normalized spacial score (nSPS) is 12.2. The standard InChI is InChI=1S/C13H14N2O4/c1-18-9-5-7-3-4-15-12(11(14)13(16)17)8(7)6-10(9)19-2/h3-6,11H,14H2,1-2H3,(H,16,17). The van der Waals surface area contributed by atoms with E-state index in [1.54, 1.807) is 18.2 Å². The van der Waals surface area contributed by atoms with Gasteiger partial charge in [-0.25, -0.2) is 0 Å². The second-order valence-electron chi connectivity index (χ2n) is 3.94. The van der Waals surface area contributed by atoms with Crippen LogP contribution in [0.3, 0.4) is 0 Å². The van der Waals surface area contributed by atoms with Gasteiger partial charge in [-0.3, -0.25) is 9.78 Å². The molecule has 1 aromatic carbocycles. The zero-order chi connectivity index (χ0) is 14.0. The van der Waals surface area contributed by atoms with Crippen molar-refractivity contribution in [3.8, 4) is 11.5 Å². The molecule has 3 N–H and O–H groups in total. The summed E-state index contributed by atoms with van der Waals surface area (Å²) >= 11 is 0. The predicted octanol–water partition coefficient (Wildman–Crippen LogP) is 1.34. The maximum absolute atomic E-state index is 11.0. The number of carboxylic acid groups (broad SMARTS) is 1. The molecule has 1 unspecified atom stereocenters. The van der Waals surface area contributed by atoms with Crippen LogP contribution in [0.15, 0.2) is 24.4 Å². The van der Waals surface area contributed by atoms with Crippen molar-refractivity contribution >= 4 is 16.7 Å². The highest BCUT2D eigenvalue weighted by Crippen LogP contribution is 2.34. The molecular weight excluding hydrogens is 248 g/mol. The van der Waals surface area contributed by atoms with Gasteiger partial charge in [0.05, 0.1) is 19.9 Å². The summed E-state index contributed by atoms with van der Waals surface area (Å²) < 4.78 is 10.4. The van der Waals surface area contributed by atoms with Crippen LogP contribution in [-0.2, 0) is 4.79 Å². The van der Waals surface area contributed by atoms with Gasteiger partial charge in [0.15, 0.2) is 11.5 Å². The summed E-state index contributed by atoms with van der Waals surface area (Å²) in [7, 11) is 3.05. The first kappa shape index (κ1) is 13.1. The Morgan fingerprint density at radius 2 is 1.95 bits per heavy atom. The Balaban J connectivity index is 2.70. The number of aliphatic carboxylic acids is 1. The van der Waals surface area contributed by atoms with Gasteiger partial charge < -0.3 is 20.3 Å². The molecule has 0 saturated heterocycles. The summed E-state index contributed by atoms with van der Waals surface area (Å²) in [4.78, 5) is 15.1. The first-order valence-corrected chi connectivity index (χ1v) is 5.57. The molecule has 1 aromatic heterocycles. The minimum Gasteiger partial charge on any atom is -0.493 e. The van der Waals surface area contributed by atoms with Crippen LogP contribution in [0.2, 0.25) is 0 Å². The average Bonchev–Trinajstić information content (AvgIpc) is 2.44. The van der Waals surface area contributed by atoms with Crippen molar-refractivity contribution in [1.29, 1.82) is 0 Å². The molecule has 0 aliphatic rings. The molecule has 0 radical (unpaired) electrons. The van der Waals surface area contributed by atoms with Crippen LogP contribution >= 0.6 is 0 Å². The highest BCUT2D eigenvalue weighted by atomic mass is 16.5. The first-order chi connectivity index (χ1) is 9.08. The third-order valence-corrected chi connectivity index (χ3v) is 2.86. The summed E-state index contributed by atoms with van der Waals surface area (Å²) in [5.41, 5.74) is 5.93. The molecule has 2 rings (SSSR count). The van der Waals surface area contributed by atoms with Crippen molar-refractivity contribution < 1.29 is 19.4 Å². The van der Waals surface area contributed by atoms with Crippen LogP contribution in [0.5, 0.6) is 11.5 Å². The Morgan fingerprint density at radius 3 is 2.53 bits per heavy atom. The van der Waals surface area contributed by atoms with E-state index in [1.807, 2.05) is 0 Å². The Labute approximate surface area is 109 Å². The number of hydrogen-bond acceptors (Lipinski definition) is 5. The van der Waals surface area contributed by atoms with E-state index in [1.165, 1.54) is 20.4 Å². The van der Waals surface area contributed by atoms with E-state index in [0.717, 1.165) is 5.39 Å². The van der Waals surface area contributed by atoms with Gasteiger partial charge in [0.2, 0.25) is 0 Å². The lowest BCUT2D eigenvalue weighted by Crippen LogP contribution is -2.22. The number of fused-ring (bicyclic) bond motifs is 1. The van der Waals surface area contributed by atoms with Crippen LogP contribution < -0.4 is 15.2 Å². The first-order valence-electron chi connectivity index (χ1n) is 5.57. The van der Waals surface area contributed by atoms with Gasteiger partial charge in [0, 0.05) is 11.6 Å². The fraction of sp³-hybridized carbons (Fsp3) is 0.231. The van der Waals surface area contributed by atoms with Crippen molar-refractivity contribution in [3.63, 3.8) is 0 Å². The molecule has 6 nitrogen and oxygen atoms in total. The summed E-state index contributed by atoms with van der Waals surface area (Å²) in [5, 5.41) is 10.4. The minimum atomic E-state index is -1.18. The molecule has 0 bridgehead atoms. The van der Waals surface area contributed by atoms with Crippen LogP contribution in [-0.4, -0.2) is 30.3 Å². The van der Waals surface area contributed by atoms with E-state index in [9.17, 15) is 4.79 Å². The third-order valence-electron chi connectivity index (χ3n) is 2.86. The topological polar surface area (TPSA) is 94.7 Å². The number of rotatable bonds is 4. The van der Waals surface area contributed by atoms with E-state index in [0.29, 0.717) is 22.6 Å². The van der Waals surface area contributed by atoms with Crippen molar-refractivity contribution in [2.75, 3.05) is 14.2 Å². The number of hydrogen-bond donors (Lipinski definition) is 2. The number of methoxy groups -OCH3 is 2. The highest BCUT2D eigenvalue weighted by molar-refractivity contribution is 5.91. The smallest absolute Gasteiger partial charge is 0.326 e. The number of carbonyl (C=O) groups is 1. The Hall–Kier alpha value is -2.34. The molecule has 0 amide bonds. The third kappa shape index (κ3) is 2.30. The molecule has 0 saturated carbocycles. The van der Waals surface area contributed by atoms with Gasteiger partial charge in [-0.05, 0) is 23.6 Å². The lowest BCUT2D eigenvalue weighted by atomic mass is 10.0. The van der Waals surface area contributed by atoms with E-state index in [4.69, 9.17) is 20.3 Å². The molecule has 1 atom stereocenters. The molecule has 0 fully saturated rings. The average molecular weight is 262 g/mol. The molecule has 0 spiro atoms. The molecule has 6 heteroatoms. The summed E-state index contributed by atoms with van der Waals surface area (Å²) in [5.74, 6) is -0.0623. The van der Waals surface area contributed by atoms with Crippen molar-refractivity contribution in [3.05, 3.63) is 30.1 Å². The Bertz CT molecular complexity index is 627. The maximum atomic E-state index is 11.0. The monoisotopic (exact) mass is 262 g/mol. The number of nitrogens with two attached hydrogens (primary N) is 1. The van der Waals surface area contributed by atoms with Crippen LogP contribution in [0.1, 0.15) is 11.7 Å². The van der Waals surface area contributed by atoms with E-state index < -0.39 is 12.0 Å². The largest absolute Gasteiger partial charge is 0.493 e. The molecule has 1 heterocycles. The number of ether oxygens (including phenoxy) is 2. The fourth-order valence-electron chi connectivity index (χ4n) is 1.89. The zero-order valence-electron chi connectivity index (χ0n) is 10.6. The van der Waals surface area contributed by atoms with Crippen LogP contribution in [0, 0.1) is 0 Å². The highest BCUT2D eigenvalue weighted by Gasteiger charge is 2.19. The van der Waals surface area contributed by atoms with Crippen LogP contribution in [0.25, 0.3) is 10.8 Å². The Kier molecular flexibility index (Phi) is 3.52. The van der Waals surface area contributed by atoms with Gasteiger partial charge in [0.25, 0.3) is 0 Å². The second-order valence-corrected chi connectivity index (χ2v) is 3.94. The molecule has 0 aliphatic heterocycles. The summed E-state index contributed by atoms with van der Waals surface area (Å²) in [6.45, 7) is 0. The zero-order valence-corrected chi connectivity index (χ0v) is 10.6. The molecule has 100 valence electrons. The Morgan fingerprint density at radius 1 is 1.32 bits per heavy atom. The predicted molar refractivity (Wildman–Crippen MR) is 69.4 cm³/mol. The second kappa shape index (κ2) is 5.11. The van der Waals surface area contributed by atoms with Gasteiger partial charge in [0.1, 0.15) is 6.04 Å². The number of pyridine rings is 1. The van der Waals surface area contributed by atoms with Crippen molar-refractivity contribution in [1.82, 2.24) is 4.98 Å². The lowest BCUT2D eigenvalue weighted by Gasteiger charge is -2.13. The number of aromatic nitrogens is 1. The summed E-state index contributed by atoms with van der Waals surface area (Å²) in [6, 6.07) is 4.02. The van der Waals surface area contributed by atoms with Gasteiger partial charge in [-0.2, -0.15) is 0 Å². The number of benzene rings is 1. The van der Waals surface area contributed by atoms with E-state index in [-0.39, 0.29) is 0 Å².